The van der Waals surface area contributed by atoms with E-state index >= 15 is 0 Å². The van der Waals surface area contributed by atoms with E-state index in [0.29, 0.717) is 5.41 Å². The molecule has 2 aliphatic carbocycles. The molecule has 2 atom stereocenters. The Morgan fingerprint density at radius 3 is 2.29 bits per heavy atom. The van der Waals surface area contributed by atoms with Crippen molar-refractivity contribution in [1.29, 1.82) is 0 Å². The molecular weight excluding hydrogens is 218 g/mol. The Hall–Kier alpha value is -1.06. The van der Waals surface area contributed by atoms with Gasteiger partial charge in [-0.25, -0.2) is 0 Å². The molecule has 2 fully saturated rings. The van der Waals surface area contributed by atoms with Gasteiger partial charge in [0.05, 0.1) is 5.92 Å². The van der Waals surface area contributed by atoms with Crippen LogP contribution in [0.2, 0.25) is 0 Å². The van der Waals surface area contributed by atoms with Gasteiger partial charge in [-0.15, -0.1) is 0 Å². The molecule has 0 aromatic heterocycles. The lowest BCUT2D eigenvalue weighted by atomic mass is 9.94. The van der Waals surface area contributed by atoms with Crippen molar-refractivity contribution in [3.63, 3.8) is 0 Å². The molecule has 2 unspecified atom stereocenters. The van der Waals surface area contributed by atoms with Crippen LogP contribution in [0.5, 0.6) is 0 Å². The first-order valence-corrected chi connectivity index (χ1v) is 6.47. The summed E-state index contributed by atoms with van der Waals surface area (Å²) in [7, 11) is 0. The van der Waals surface area contributed by atoms with E-state index in [0.717, 1.165) is 12.5 Å². The zero-order valence-electron chi connectivity index (χ0n) is 10.5. The summed E-state index contributed by atoms with van der Waals surface area (Å²) < 4.78 is 0. The minimum absolute atomic E-state index is 0.119. The maximum atomic E-state index is 11.8. The molecule has 2 aliphatic rings. The summed E-state index contributed by atoms with van der Waals surface area (Å²) in [5.41, 5.74) is 0.377. The van der Waals surface area contributed by atoms with Crippen molar-refractivity contribution in [1.82, 2.24) is 5.32 Å². The number of nitrogens with one attached hydrogen (secondary N) is 1. The van der Waals surface area contributed by atoms with Gasteiger partial charge >= 0.3 is 5.97 Å². The van der Waals surface area contributed by atoms with Gasteiger partial charge in [-0.2, -0.15) is 0 Å². The van der Waals surface area contributed by atoms with E-state index in [1.807, 2.05) is 0 Å². The first-order chi connectivity index (χ1) is 7.96. The van der Waals surface area contributed by atoms with E-state index < -0.39 is 17.8 Å². The second-order valence-corrected chi connectivity index (χ2v) is 5.77. The van der Waals surface area contributed by atoms with Crippen LogP contribution in [0.25, 0.3) is 0 Å². The average molecular weight is 239 g/mol. The summed E-state index contributed by atoms with van der Waals surface area (Å²) in [6, 6.07) is 0. The summed E-state index contributed by atoms with van der Waals surface area (Å²) in [5, 5.41) is 11.8. The van der Waals surface area contributed by atoms with Gasteiger partial charge in [-0.05, 0) is 37.0 Å². The van der Waals surface area contributed by atoms with Crippen LogP contribution in [0.3, 0.4) is 0 Å². The summed E-state index contributed by atoms with van der Waals surface area (Å²) >= 11 is 0. The Bertz CT molecular complexity index is 332. The molecule has 0 heterocycles. The Labute approximate surface area is 102 Å². The van der Waals surface area contributed by atoms with Crippen molar-refractivity contribution in [3.05, 3.63) is 0 Å². The SMILES string of the molecule is CC(C(=O)O)C(C)C(=O)NCC1(C2CC2)CC1. The number of carboxylic acid groups (broad SMARTS) is 1. The van der Waals surface area contributed by atoms with E-state index in [-0.39, 0.29) is 5.91 Å². The van der Waals surface area contributed by atoms with E-state index in [4.69, 9.17) is 5.11 Å². The Balaban J connectivity index is 1.79. The third-order valence-corrected chi connectivity index (χ3v) is 4.50. The van der Waals surface area contributed by atoms with Gasteiger partial charge in [-0.3, -0.25) is 9.59 Å². The largest absolute Gasteiger partial charge is 0.481 e. The van der Waals surface area contributed by atoms with Crippen molar-refractivity contribution in [3.8, 4) is 0 Å². The van der Waals surface area contributed by atoms with Crippen LogP contribution in [0, 0.1) is 23.2 Å². The Kier molecular flexibility index (Phi) is 3.15. The van der Waals surface area contributed by atoms with E-state index in [9.17, 15) is 9.59 Å². The molecule has 0 saturated heterocycles. The number of hydrogen-bond acceptors (Lipinski definition) is 2. The highest BCUT2D eigenvalue weighted by Gasteiger charge is 2.53. The van der Waals surface area contributed by atoms with Crippen LogP contribution < -0.4 is 5.32 Å². The lowest BCUT2D eigenvalue weighted by molar-refractivity contribution is -0.146. The van der Waals surface area contributed by atoms with Crippen LogP contribution >= 0.6 is 0 Å². The molecule has 1 amide bonds. The highest BCUT2D eigenvalue weighted by Crippen LogP contribution is 2.60. The molecule has 96 valence electrons. The fourth-order valence-electron chi connectivity index (χ4n) is 2.45. The van der Waals surface area contributed by atoms with Crippen molar-refractivity contribution in [2.75, 3.05) is 6.54 Å². The second kappa shape index (κ2) is 4.31. The highest BCUT2D eigenvalue weighted by atomic mass is 16.4. The minimum atomic E-state index is -0.907. The van der Waals surface area contributed by atoms with Gasteiger partial charge in [0, 0.05) is 12.5 Å². The van der Waals surface area contributed by atoms with Crippen molar-refractivity contribution in [2.24, 2.45) is 23.2 Å². The first kappa shape index (κ1) is 12.4. The number of rotatable bonds is 6. The molecule has 4 nitrogen and oxygen atoms in total. The Morgan fingerprint density at radius 1 is 1.29 bits per heavy atom. The molecule has 2 rings (SSSR count). The average Bonchev–Trinajstić information content (AvgIpc) is 3.15. The van der Waals surface area contributed by atoms with E-state index in [1.54, 1.807) is 13.8 Å². The number of aliphatic carboxylic acids is 1. The van der Waals surface area contributed by atoms with Gasteiger partial charge in [0.25, 0.3) is 0 Å². The number of carboxylic acids is 1. The maximum Gasteiger partial charge on any atom is 0.307 e. The van der Waals surface area contributed by atoms with Gasteiger partial charge in [0.15, 0.2) is 0 Å². The molecule has 4 heteroatoms. The number of amides is 1. The van der Waals surface area contributed by atoms with Crippen molar-refractivity contribution in [2.45, 2.75) is 39.5 Å². The minimum Gasteiger partial charge on any atom is -0.481 e. The zero-order valence-corrected chi connectivity index (χ0v) is 10.5. The lowest BCUT2D eigenvalue weighted by Gasteiger charge is -2.19. The summed E-state index contributed by atoms with van der Waals surface area (Å²) in [4.78, 5) is 22.6. The number of hydrogen-bond donors (Lipinski definition) is 2. The van der Waals surface area contributed by atoms with Crippen LogP contribution in [-0.4, -0.2) is 23.5 Å². The molecule has 17 heavy (non-hydrogen) atoms. The Morgan fingerprint density at radius 2 is 1.88 bits per heavy atom. The van der Waals surface area contributed by atoms with Gasteiger partial charge in [0.2, 0.25) is 5.91 Å². The van der Waals surface area contributed by atoms with Gasteiger partial charge in [0.1, 0.15) is 0 Å². The van der Waals surface area contributed by atoms with Gasteiger partial charge < -0.3 is 10.4 Å². The fourth-order valence-corrected chi connectivity index (χ4v) is 2.45. The smallest absolute Gasteiger partial charge is 0.307 e. The summed E-state index contributed by atoms with van der Waals surface area (Å²) in [6.07, 6.45) is 5.05. The molecule has 0 aromatic rings. The standard InChI is InChI=1S/C13H21NO3/c1-8(9(2)12(16)17)11(15)14-7-13(5-6-13)10-3-4-10/h8-10H,3-7H2,1-2H3,(H,14,15)(H,16,17). The lowest BCUT2D eigenvalue weighted by Crippen LogP contribution is -2.38. The topological polar surface area (TPSA) is 66.4 Å². The van der Waals surface area contributed by atoms with Crippen LogP contribution in [0.4, 0.5) is 0 Å². The second-order valence-electron chi connectivity index (χ2n) is 5.77. The molecule has 0 bridgehead atoms. The predicted molar refractivity (Wildman–Crippen MR) is 63.4 cm³/mol. The van der Waals surface area contributed by atoms with Crippen LogP contribution in [0.1, 0.15) is 39.5 Å². The molecule has 0 spiro atoms. The van der Waals surface area contributed by atoms with Crippen LogP contribution in [0.15, 0.2) is 0 Å². The third-order valence-electron chi connectivity index (χ3n) is 4.50. The van der Waals surface area contributed by atoms with E-state index in [2.05, 4.69) is 5.32 Å². The molecule has 2 N–H and O–H groups in total. The van der Waals surface area contributed by atoms with Crippen molar-refractivity contribution < 1.29 is 14.7 Å². The predicted octanol–water partition coefficient (Wildman–Crippen LogP) is 1.65. The molecule has 0 radical (unpaired) electrons. The molecule has 0 aromatic carbocycles. The molecular formula is C13H21NO3. The van der Waals surface area contributed by atoms with Crippen molar-refractivity contribution >= 4 is 11.9 Å². The first-order valence-electron chi connectivity index (χ1n) is 6.47. The number of carbonyl (C=O) groups is 2. The maximum absolute atomic E-state index is 11.8. The summed E-state index contributed by atoms with van der Waals surface area (Å²) in [6.45, 7) is 4.01. The molecule has 0 aliphatic heterocycles. The molecule has 2 saturated carbocycles. The van der Waals surface area contributed by atoms with Gasteiger partial charge in [-0.1, -0.05) is 13.8 Å². The third kappa shape index (κ3) is 2.61. The highest BCUT2D eigenvalue weighted by molar-refractivity contribution is 5.84. The van der Waals surface area contributed by atoms with E-state index in [1.165, 1.54) is 25.7 Å². The number of carbonyl (C=O) groups excluding carboxylic acids is 1. The quantitative estimate of drug-likeness (QED) is 0.740. The van der Waals surface area contributed by atoms with Crippen LogP contribution in [-0.2, 0) is 9.59 Å². The monoisotopic (exact) mass is 239 g/mol. The summed E-state index contributed by atoms with van der Waals surface area (Å²) in [5.74, 6) is -1.29. The zero-order chi connectivity index (χ0) is 12.6. The fraction of sp³-hybridized carbons (Fsp3) is 0.846. The normalized spacial score (nSPS) is 24.8.